The lowest BCUT2D eigenvalue weighted by Gasteiger charge is -2.24. The van der Waals surface area contributed by atoms with E-state index in [-0.39, 0.29) is 0 Å². The van der Waals surface area contributed by atoms with Crippen LogP contribution < -0.4 is 10.6 Å². The van der Waals surface area contributed by atoms with Gasteiger partial charge in [0, 0.05) is 11.4 Å². The first-order valence-corrected chi connectivity index (χ1v) is 9.73. The van der Waals surface area contributed by atoms with E-state index < -0.39 is 15.9 Å². The monoisotopic (exact) mass is 386 g/mol. The van der Waals surface area contributed by atoms with Crippen LogP contribution in [0.1, 0.15) is 0 Å². The summed E-state index contributed by atoms with van der Waals surface area (Å²) in [5.41, 5.74) is 1.09. The molecule has 0 unspecified atom stereocenters. The summed E-state index contributed by atoms with van der Waals surface area (Å²) in [6.07, 6.45) is 0. The molecule has 0 fully saturated rings. The van der Waals surface area contributed by atoms with Gasteiger partial charge in [-0.3, -0.25) is 9.59 Å². The summed E-state index contributed by atoms with van der Waals surface area (Å²) in [5, 5.41) is 5.28. The number of carbonyl (C=O) groups is 2. The Morgan fingerprint density at radius 2 is 1.09 bits per heavy atom. The average molecular weight is 387 g/mol. The van der Waals surface area contributed by atoms with E-state index in [0.717, 1.165) is 0 Å². The molecule has 8 heteroatoms. The topological polar surface area (TPSA) is 58.2 Å². The van der Waals surface area contributed by atoms with Crippen LogP contribution in [0, 0.1) is 0 Å². The molecule has 0 heterocycles. The fourth-order valence-electron chi connectivity index (χ4n) is 1.72. The third-order valence-corrected chi connectivity index (χ3v) is 6.49. The number of benzene rings is 2. The highest BCUT2D eigenvalue weighted by molar-refractivity contribution is 8.39. The second-order valence-electron chi connectivity index (χ2n) is 4.41. The minimum atomic E-state index is -1.73. The molecule has 23 heavy (non-hydrogen) atoms. The van der Waals surface area contributed by atoms with Crippen molar-refractivity contribution in [2.75, 3.05) is 10.6 Å². The van der Waals surface area contributed by atoms with Crippen LogP contribution in [0.2, 0.25) is 0 Å². The average Bonchev–Trinajstić information content (AvgIpc) is 2.58. The van der Waals surface area contributed by atoms with Crippen LogP contribution in [-0.4, -0.2) is 15.9 Å². The normalized spacial score (nSPS) is 10.9. The SMILES string of the molecule is O=C(Nc1ccccc1)C(SCl)(SCl)C(=O)Nc1ccccc1. The van der Waals surface area contributed by atoms with Gasteiger partial charge < -0.3 is 10.6 Å². The summed E-state index contributed by atoms with van der Waals surface area (Å²) in [7, 11) is 12.8. The molecule has 0 atom stereocenters. The largest absolute Gasteiger partial charge is 0.324 e. The quantitative estimate of drug-likeness (QED) is 0.556. The Hall–Kier alpha value is -1.34. The zero-order valence-electron chi connectivity index (χ0n) is 11.7. The summed E-state index contributed by atoms with van der Waals surface area (Å²) in [6, 6.07) is 17.5. The predicted octanol–water partition coefficient (Wildman–Crippen LogP) is 4.73. The van der Waals surface area contributed by atoms with E-state index in [1.807, 2.05) is 12.1 Å². The fraction of sp³-hybridized carbons (Fsp3) is 0.0667. The van der Waals surface area contributed by atoms with Crippen molar-refractivity contribution in [2.24, 2.45) is 0 Å². The van der Waals surface area contributed by atoms with Crippen molar-refractivity contribution in [1.82, 2.24) is 0 Å². The van der Waals surface area contributed by atoms with Gasteiger partial charge in [0.25, 0.3) is 11.8 Å². The van der Waals surface area contributed by atoms with Crippen molar-refractivity contribution < 1.29 is 9.59 Å². The summed E-state index contributed by atoms with van der Waals surface area (Å²) >= 11 is 0. The van der Waals surface area contributed by atoms with Gasteiger partial charge in [0.2, 0.25) is 4.08 Å². The minimum absolute atomic E-state index is 0.547. The molecule has 0 radical (unpaired) electrons. The molecule has 0 aliphatic carbocycles. The van der Waals surface area contributed by atoms with E-state index in [4.69, 9.17) is 21.4 Å². The lowest BCUT2D eigenvalue weighted by molar-refractivity contribution is -0.124. The Labute approximate surface area is 151 Å². The number of carbonyl (C=O) groups excluding carboxylic acids is 2. The van der Waals surface area contributed by atoms with Gasteiger partial charge in [-0.15, -0.1) is 0 Å². The maximum absolute atomic E-state index is 12.5. The van der Waals surface area contributed by atoms with Gasteiger partial charge in [0.1, 0.15) is 0 Å². The lowest BCUT2D eigenvalue weighted by Crippen LogP contribution is -2.46. The molecule has 0 aliphatic rings. The van der Waals surface area contributed by atoms with Crippen LogP contribution in [0.15, 0.2) is 60.7 Å². The molecule has 2 rings (SSSR count). The molecule has 0 saturated heterocycles. The van der Waals surface area contributed by atoms with Crippen molar-refractivity contribution >= 4 is 66.5 Å². The Morgan fingerprint density at radius 1 is 0.739 bits per heavy atom. The van der Waals surface area contributed by atoms with E-state index in [1.165, 1.54) is 0 Å². The van der Waals surface area contributed by atoms with Crippen molar-refractivity contribution in [2.45, 2.75) is 4.08 Å². The molecule has 0 saturated carbocycles. The number of rotatable bonds is 6. The Bertz CT molecular complexity index is 612. The molecular formula is C15H12Cl2N2O2S2. The van der Waals surface area contributed by atoms with E-state index >= 15 is 0 Å². The Balaban J connectivity index is 2.20. The van der Waals surface area contributed by atoms with Crippen molar-refractivity contribution in [3.63, 3.8) is 0 Å². The zero-order valence-corrected chi connectivity index (χ0v) is 14.8. The van der Waals surface area contributed by atoms with Crippen LogP contribution in [0.25, 0.3) is 0 Å². The maximum Gasteiger partial charge on any atom is 0.263 e. The van der Waals surface area contributed by atoms with Gasteiger partial charge in [-0.25, -0.2) is 0 Å². The van der Waals surface area contributed by atoms with E-state index in [2.05, 4.69) is 10.6 Å². The number of amides is 2. The van der Waals surface area contributed by atoms with Gasteiger partial charge in [0.05, 0.1) is 0 Å². The molecule has 2 amide bonds. The van der Waals surface area contributed by atoms with E-state index in [1.54, 1.807) is 48.5 Å². The van der Waals surface area contributed by atoms with Crippen molar-refractivity contribution in [3.05, 3.63) is 60.7 Å². The molecule has 2 N–H and O–H groups in total. The third-order valence-electron chi connectivity index (χ3n) is 2.88. The number of anilines is 2. The third kappa shape index (κ3) is 4.35. The molecule has 120 valence electrons. The second kappa shape index (κ2) is 8.49. The van der Waals surface area contributed by atoms with Gasteiger partial charge in [-0.2, -0.15) is 0 Å². The van der Waals surface area contributed by atoms with Crippen molar-refractivity contribution in [3.8, 4) is 0 Å². The number of hydrogen-bond donors (Lipinski definition) is 2. The summed E-state index contributed by atoms with van der Waals surface area (Å²) in [4.78, 5) is 25.1. The maximum atomic E-state index is 12.5. The molecule has 2 aromatic rings. The van der Waals surface area contributed by atoms with Gasteiger partial charge in [0.15, 0.2) is 0 Å². The lowest BCUT2D eigenvalue weighted by atomic mass is 10.2. The Morgan fingerprint density at radius 3 is 1.39 bits per heavy atom. The summed E-state index contributed by atoms with van der Waals surface area (Å²) in [6.45, 7) is 0. The highest BCUT2D eigenvalue weighted by atomic mass is 35.7. The van der Waals surface area contributed by atoms with Gasteiger partial charge >= 0.3 is 0 Å². The molecule has 4 nitrogen and oxygen atoms in total. The van der Waals surface area contributed by atoms with Crippen LogP contribution in [0.3, 0.4) is 0 Å². The smallest absolute Gasteiger partial charge is 0.263 e. The van der Waals surface area contributed by atoms with Crippen LogP contribution in [0.5, 0.6) is 0 Å². The van der Waals surface area contributed by atoms with Gasteiger partial charge in [-0.05, 0) is 67.6 Å². The van der Waals surface area contributed by atoms with Crippen molar-refractivity contribution in [1.29, 1.82) is 0 Å². The predicted molar refractivity (Wildman–Crippen MR) is 99.8 cm³/mol. The number of para-hydroxylation sites is 2. The van der Waals surface area contributed by atoms with E-state index in [0.29, 0.717) is 33.3 Å². The minimum Gasteiger partial charge on any atom is -0.324 e. The molecule has 0 spiro atoms. The van der Waals surface area contributed by atoms with Gasteiger partial charge in [-0.1, -0.05) is 36.4 Å². The van der Waals surface area contributed by atoms with Crippen LogP contribution >= 0.6 is 43.3 Å². The highest BCUT2D eigenvalue weighted by Gasteiger charge is 2.48. The molecule has 2 aromatic carbocycles. The molecule has 0 aromatic heterocycles. The molecular weight excluding hydrogens is 375 g/mol. The van der Waals surface area contributed by atoms with E-state index in [9.17, 15) is 9.59 Å². The van der Waals surface area contributed by atoms with Crippen LogP contribution in [0.4, 0.5) is 11.4 Å². The van der Waals surface area contributed by atoms with Crippen LogP contribution in [-0.2, 0) is 9.59 Å². The highest BCUT2D eigenvalue weighted by Crippen LogP contribution is 2.44. The second-order valence-corrected chi connectivity index (χ2v) is 7.13. The first-order valence-electron chi connectivity index (χ1n) is 6.45. The fourth-order valence-corrected chi connectivity index (χ4v) is 4.00. The number of nitrogens with one attached hydrogen (secondary N) is 2. The first kappa shape index (κ1) is 18.0. The Kier molecular flexibility index (Phi) is 6.65. The standard InChI is InChI=1S/C15H12Cl2N2O2S2/c16-22-15(23-17,13(20)18-11-7-3-1-4-8-11)14(21)19-12-9-5-2-6-10-12/h1-10H,(H,18,20)(H,19,21). The zero-order chi connectivity index (χ0) is 16.7. The first-order chi connectivity index (χ1) is 11.1. The molecule has 0 bridgehead atoms. The number of halogens is 2. The molecule has 0 aliphatic heterocycles. The summed E-state index contributed by atoms with van der Waals surface area (Å²) < 4.78 is -1.73. The number of hydrogen-bond acceptors (Lipinski definition) is 4. The summed E-state index contributed by atoms with van der Waals surface area (Å²) in [5.74, 6) is -1.23.